The minimum Gasteiger partial charge on any atom is -0.380 e. The number of aryl methyl sites for hydroxylation is 2. The number of hydrogen-bond donors (Lipinski definition) is 2. The zero-order valence-electron chi connectivity index (χ0n) is 11.6. The van der Waals surface area contributed by atoms with E-state index in [1.807, 2.05) is 19.9 Å². The van der Waals surface area contributed by atoms with Crippen LogP contribution in [0.1, 0.15) is 15.6 Å². The van der Waals surface area contributed by atoms with E-state index in [0.717, 1.165) is 21.3 Å². The average molecular weight is 311 g/mol. The van der Waals surface area contributed by atoms with Crippen molar-refractivity contribution in [2.45, 2.75) is 25.3 Å². The Balaban J connectivity index is 2.15. The van der Waals surface area contributed by atoms with Crippen LogP contribution in [0, 0.1) is 13.8 Å². The number of thiazole rings is 1. The van der Waals surface area contributed by atoms with Crippen LogP contribution < -0.4 is 10.0 Å². The van der Waals surface area contributed by atoms with Gasteiger partial charge in [-0.2, -0.15) is 0 Å². The van der Waals surface area contributed by atoms with E-state index in [1.54, 1.807) is 29.5 Å². The average Bonchev–Trinajstić information content (AvgIpc) is 2.75. The maximum absolute atomic E-state index is 11.7. The van der Waals surface area contributed by atoms with Gasteiger partial charge in [0.25, 0.3) is 0 Å². The van der Waals surface area contributed by atoms with E-state index >= 15 is 0 Å². The normalized spacial score (nSPS) is 11.6. The number of hydrogen-bond acceptors (Lipinski definition) is 5. The van der Waals surface area contributed by atoms with E-state index in [9.17, 15) is 8.42 Å². The minimum atomic E-state index is -3.41. The van der Waals surface area contributed by atoms with Gasteiger partial charge in [-0.05, 0) is 39.1 Å². The number of rotatable bonds is 5. The molecule has 5 nitrogen and oxygen atoms in total. The molecule has 1 heterocycles. The van der Waals surface area contributed by atoms with Gasteiger partial charge in [0.05, 0.1) is 22.1 Å². The molecule has 0 aliphatic heterocycles. The first-order valence-electron chi connectivity index (χ1n) is 6.13. The molecule has 0 spiro atoms. The molecule has 0 unspecified atom stereocenters. The molecule has 0 aliphatic carbocycles. The van der Waals surface area contributed by atoms with Gasteiger partial charge in [-0.3, -0.25) is 0 Å². The number of nitrogens with zero attached hydrogens (tertiary/aromatic N) is 1. The molecule has 0 fully saturated rings. The first-order valence-corrected chi connectivity index (χ1v) is 8.43. The minimum absolute atomic E-state index is 0.252. The van der Waals surface area contributed by atoms with Gasteiger partial charge in [0.2, 0.25) is 10.0 Å². The molecule has 0 amide bonds. The zero-order valence-corrected chi connectivity index (χ0v) is 13.2. The van der Waals surface area contributed by atoms with Crippen molar-refractivity contribution in [3.05, 3.63) is 39.8 Å². The third-order valence-electron chi connectivity index (χ3n) is 2.87. The summed E-state index contributed by atoms with van der Waals surface area (Å²) in [6, 6.07) is 6.75. The SMILES string of the molecule is CNS(=O)(=O)c1cccc(NCc2sc(C)nc2C)c1. The highest BCUT2D eigenvalue weighted by molar-refractivity contribution is 7.89. The molecule has 0 atom stereocenters. The molecule has 20 heavy (non-hydrogen) atoms. The summed E-state index contributed by atoms with van der Waals surface area (Å²) in [7, 11) is -2.01. The molecule has 2 rings (SSSR count). The van der Waals surface area contributed by atoms with Gasteiger partial charge in [0.15, 0.2) is 0 Å². The summed E-state index contributed by atoms with van der Waals surface area (Å²) in [6.45, 7) is 4.59. The topological polar surface area (TPSA) is 71.1 Å². The summed E-state index contributed by atoms with van der Waals surface area (Å²) >= 11 is 1.64. The Hall–Kier alpha value is -1.44. The van der Waals surface area contributed by atoms with Crippen LogP contribution in [-0.2, 0) is 16.6 Å². The van der Waals surface area contributed by atoms with Crippen LogP contribution in [0.25, 0.3) is 0 Å². The molecule has 0 aliphatic rings. The maximum atomic E-state index is 11.7. The Morgan fingerprint density at radius 3 is 2.65 bits per heavy atom. The second-order valence-corrected chi connectivity index (χ2v) is 7.50. The maximum Gasteiger partial charge on any atom is 0.240 e. The molecule has 108 valence electrons. The molecule has 0 bridgehead atoms. The Kier molecular flexibility index (Phi) is 4.42. The van der Waals surface area contributed by atoms with E-state index in [0.29, 0.717) is 6.54 Å². The fourth-order valence-corrected chi connectivity index (χ4v) is 3.46. The number of nitrogens with one attached hydrogen (secondary N) is 2. The van der Waals surface area contributed by atoms with Crippen LogP contribution in [0.4, 0.5) is 5.69 Å². The predicted molar refractivity (Wildman–Crippen MR) is 81.6 cm³/mol. The van der Waals surface area contributed by atoms with Gasteiger partial charge in [-0.15, -0.1) is 11.3 Å². The number of aromatic nitrogens is 1. The van der Waals surface area contributed by atoms with Gasteiger partial charge in [-0.25, -0.2) is 18.1 Å². The summed E-state index contributed by atoms with van der Waals surface area (Å²) in [4.78, 5) is 5.77. The van der Waals surface area contributed by atoms with Crippen molar-refractivity contribution in [3.63, 3.8) is 0 Å². The lowest BCUT2D eigenvalue weighted by Gasteiger charge is -2.08. The van der Waals surface area contributed by atoms with Crippen LogP contribution in [-0.4, -0.2) is 20.4 Å². The molecule has 7 heteroatoms. The van der Waals surface area contributed by atoms with E-state index in [-0.39, 0.29) is 4.90 Å². The summed E-state index contributed by atoms with van der Waals surface area (Å²) in [5, 5.41) is 4.26. The second kappa shape index (κ2) is 5.90. The molecular weight excluding hydrogens is 294 g/mol. The lowest BCUT2D eigenvalue weighted by molar-refractivity contribution is 0.588. The lowest BCUT2D eigenvalue weighted by Crippen LogP contribution is -2.18. The molecular formula is C13H17N3O2S2. The second-order valence-electron chi connectivity index (χ2n) is 4.33. The Labute approximate surface area is 123 Å². The Morgan fingerprint density at radius 2 is 2.05 bits per heavy atom. The summed E-state index contributed by atoms with van der Waals surface area (Å²) in [5.41, 5.74) is 1.78. The highest BCUT2D eigenvalue weighted by Crippen LogP contribution is 2.20. The van der Waals surface area contributed by atoms with Crippen molar-refractivity contribution >= 4 is 27.0 Å². The van der Waals surface area contributed by atoms with Crippen molar-refractivity contribution in [1.29, 1.82) is 0 Å². The summed E-state index contributed by atoms with van der Waals surface area (Å²) < 4.78 is 25.8. The van der Waals surface area contributed by atoms with Crippen molar-refractivity contribution in [2.75, 3.05) is 12.4 Å². The first-order chi connectivity index (χ1) is 9.42. The van der Waals surface area contributed by atoms with Crippen molar-refractivity contribution in [1.82, 2.24) is 9.71 Å². The molecule has 0 saturated heterocycles. The van der Waals surface area contributed by atoms with E-state index in [4.69, 9.17) is 0 Å². The van der Waals surface area contributed by atoms with Gasteiger partial charge in [0, 0.05) is 10.6 Å². The zero-order chi connectivity index (χ0) is 14.8. The molecule has 2 N–H and O–H groups in total. The highest BCUT2D eigenvalue weighted by atomic mass is 32.2. The molecule has 1 aromatic heterocycles. The van der Waals surface area contributed by atoms with Crippen molar-refractivity contribution in [3.8, 4) is 0 Å². The predicted octanol–water partition coefficient (Wildman–Crippen LogP) is 2.28. The van der Waals surface area contributed by atoms with Crippen LogP contribution in [0.2, 0.25) is 0 Å². The van der Waals surface area contributed by atoms with Gasteiger partial charge in [-0.1, -0.05) is 6.07 Å². The smallest absolute Gasteiger partial charge is 0.240 e. The molecule has 2 aromatic rings. The standard InChI is InChI=1S/C13H17N3O2S2/c1-9-13(19-10(2)16-9)8-15-11-5-4-6-12(7-11)20(17,18)14-3/h4-7,14-15H,8H2,1-3H3. The van der Waals surface area contributed by atoms with Crippen LogP contribution >= 0.6 is 11.3 Å². The van der Waals surface area contributed by atoms with Gasteiger partial charge < -0.3 is 5.32 Å². The third kappa shape index (κ3) is 3.36. The fraction of sp³-hybridized carbons (Fsp3) is 0.308. The highest BCUT2D eigenvalue weighted by Gasteiger charge is 2.11. The van der Waals surface area contributed by atoms with Gasteiger partial charge >= 0.3 is 0 Å². The fourth-order valence-electron chi connectivity index (χ4n) is 1.81. The number of sulfonamides is 1. The van der Waals surface area contributed by atoms with E-state index in [1.165, 1.54) is 7.05 Å². The van der Waals surface area contributed by atoms with Crippen molar-refractivity contribution in [2.24, 2.45) is 0 Å². The number of benzene rings is 1. The van der Waals surface area contributed by atoms with E-state index in [2.05, 4.69) is 15.0 Å². The quantitative estimate of drug-likeness (QED) is 0.888. The van der Waals surface area contributed by atoms with Crippen molar-refractivity contribution < 1.29 is 8.42 Å². The Bertz CT molecular complexity index is 708. The van der Waals surface area contributed by atoms with E-state index < -0.39 is 10.0 Å². The molecule has 0 saturated carbocycles. The van der Waals surface area contributed by atoms with Crippen LogP contribution in [0.3, 0.4) is 0 Å². The Morgan fingerprint density at radius 1 is 1.30 bits per heavy atom. The van der Waals surface area contributed by atoms with Crippen LogP contribution in [0.15, 0.2) is 29.2 Å². The first kappa shape index (κ1) is 15.0. The number of anilines is 1. The molecule has 0 radical (unpaired) electrons. The third-order valence-corrected chi connectivity index (χ3v) is 5.35. The van der Waals surface area contributed by atoms with Crippen LogP contribution in [0.5, 0.6) is 0 Å². The lowest BCUT2D eigenvalue weighted by atomic mass is 10.3. The summed E-state index contributed by atoms with van der Waals surface area (Å²) in [6.07, 6.45) is 0. The van der Waals surface area contributed by atoms with Gasteiger partial charge in [0.1, 0.15) is 0 Å². The summed E-state index contributed by atoms with van der Waals surface area (Å²) in [5.74, 6) is 0. The monoisotopic (exact) mass is 311 g/mol. The molecule has 1 aromatic carbocycles. The largest absolute Gasteiger partial charge is 0.380 e.